The summed E-state index contributed by atoms with van der Waals surface area (Å²) in [6, 6.07) is 6.94. The average molecular weight is 247 g/mol. The van der Waals surface area contributed by atoms with Gasteiger partial charge in [0.05, 0.1) is 12.3 Å². The fraction of sp³-hybridized carbons (Fsp3) is 0.385. The van der Waals surface area contributed by atoms with Crippen molar-refractivity contribution in [2.75, 3.05) is 6.61 Å². The first kappa shape index (κ1) is 12.7. The van der Waals surface area contributed by atoms with Gasteiger partial charge in [-0.05, 0) is 26.0 Å². The van der Waals surface area contributed by atoms with Gasteiger partial charge in [0.15, 0.2) is 0 Å². The lowest BCUT2D eigenvalue weighted by molar-refractivity contribution is 0.187. The Labute approximate surface area is 105 Å². The van der Waals surface area contributed by atoms with Crippen LogP contribution in [0.15, 0.2) is 35.3 Å². The van der Waals surface area contributed by atoms with Gasteiger partial charge >= 0.3 is 0 Å². The molecule has 18 heavy (non-hydrogen) atoms. The zero-order chi connectivity index (χ0) is 13.2. The summed E-state index contributed by atoms with van der Waals surface area (Å²) >= 11 is 0. The van der Waals surface area contributed by atoms with Crippen LogP contribution in [0.25, 0.3) is 5.65 Å². The van der Waals surface area contributed by atoms with Gasteiger partial charge in [-0.1, -0.05) is 6.07 Å². The third kappa shape index (κ3) is 2.75. The van der Waals surface area contributed by atoms with Crippen LogP contribution in [0.5, 0.6) is 0 Å². The van der Waals surface area contributed by atoms with Crippen LogP contribution in [-0.4, -0.2) is 26.6 Å². The minimum absolute atomic E-state index is 0.0273. The zero-order valence-electron chi connectivity index (χ0n) is 10.6. The highest BCUT2D eigenvalue weighted by molar-refractivity contribution is 5.37. The van der Waals surface area contributed by atoms with Crippen LogP contribution in [-0.2, 0) is 6.54 Å². The van der Waals surface area contributed by atoms with Gasteiger partial charge < -0.3 is 10.4 Å². The largest absolute Gasteiger partial charge is 0.394 e. The third-order valence-electron chi connectivity index (χ3n) is 2.77. The van der Waals surface area contributed by atoms with Crippen molar-refractivity contribution in [3.8, 4) is 0 Å². The molecular formula is C13H17N3O2. The summed E-state index contributed by atoms with van der Waals surface area (Å²) in [5, 5.41) is 12.3. The molecule has 2 N–H and O–H groups in total. The van der Waals surface area contributed by atoms with E-state index in [0.717, 1.165) is 0 Å². The molecule has 0 aliphatic carbocycles. The highest BCUT2D eigenvalue weighted by atomic mass is 16.3. The maximum absolute atomic E-state index is 11.8. The van der Waals surface area contributed by atoms with Crippen LogP contribution in [0.1, 0.15) is 19.5 Å². The average Bonchev–Trinajstić information content (AvgIpc) is 2.37. The number of fused-ring (bicyclic) bond motifs is 1. The number of aliphatic hydroxyl groups is 1. The van der Waals surface area contributed by atoms with Gasteiger partial charge in [-0.15, -0.1) is 0 Å². The summed E-state index contributed by atoms with van der Waals surface area (Å²) in [6.07, 6.45) is 1.69. The van der Waals surface area contributed by atoms with E-state index in [9.17, 15) is 4.79 Å². The second-order valence-corrected chi connectivity index (χ2v) is 4.91. The highest BCUT2D eigenvalue weighted by Crippen LogP contribution is 2.03. The number of hydrogen-bond donors (Lipinski definition) is 2. The standard InChI is InChI=1S/C13H17N3O2/c1-13(2,9-17)14-8-10-7-12(18)16-6-4-3-5-11(16)15-10/h3-7,14,17H,8-9H2,1-2H3. The molecule has 0 bridgehead atoms. The van der Waals surface area contributed by atoms with E-state index in [-0.39, 0.29) is 17.7 Å². The molecule has 0 spiro atoms. The Morgan fingerprint density at radius 1 is 1.44 bits per heavy atom. The summed E-state index contributed by atoms with van der Waals surface area (Å²) in [7, 11) is 0. The van der Waals surface area contributed by atoms with Gasteiger partial charge in [-0.2, -0.15) is 0 Å². The number of aromatic nitrogens is 2. The first-order chi connectivity index (χ1) is 8.52. The summed E-state index contributed by atoms with van der Waals surface area (Å²) in [4.78, 5) is 16.2. The Hall–Kier alpha value is -1.72. The number of nitrogens with zero attached hydrogens (tertiary/aromatic N) is 2. The maximum atomic E-state index is 11.8. The van der Waals surface area contributed by atoms with Gasteiger partial charge in [0, 0.05) is 24.3 Å². The molecule has 0 radical (unpaired) electrons. The van der Waals surface area contributed by atoms with Crippen molar-refractivity contribution in [2.45, 2.75) is 25.9 Å². The Bertz CT molecular complexity index is 604. The van der Waals surface area contributed by atoms with Crippen LogP contribution < -0.4 is 10.9 Å². The molecule has 0 aliphatic heterocycles. The third-order valence-corrected chi connectivity index (χ3v) is 2.77. The first-order valence-electron chi connectivity index (χ1n) is 5.85. The van der Waals surface area contributed by atoms with E-state index in [1.54, 1.807) is 18.3 Å². The van der Waals surface area contributed by atoms with E-state index in [2.05, 4.69) is 10.3 Å². The molecule has 0 amide bonds. The fourth-order valence-electron chi connectivity index (χ4n) is 1.58. The number of hydrogen-bond acceptors (Lipinski definition) is 4. The molecule has 0 atom stereocenters. The summed E-state index contributed by atoms with van der Waals surface area (Å²) < 4.78 is 1.50. The molecule has 96 valence electrons. The van der Waals surface area contributed by atoms with Crippen molar-refractivity contribution in [3.63, 3.8) is 0 Å². The molecule has 0 aliphatic rings. The lowest BCUT2D eigenvalue weighted by Crippen LogP contribution is -2.42. The zero-order valence-corrected chi connectivity index (χ0v) is 10.6. The molecule has 0 saturated heterocycles. The first-order valence-corrected chi connectivity index (χ1v) is 5.85. The molecule has 2 aromatic rings. The molecule has 0 fully saturated rings. The van der Waals surface area contributed by atoms with Gasteiger partial charge in [0.1, 0.15) is 5.65 Å². The van der Waals surface area contributed by atoms with E-state index in [4.69, 9.17) is 5.11 Å². The molecule has 5 heteroatoms. The van der Waals surface area contributed by atoms with Crippen LogP contribution in [0.3, 0.4) is 0 Å². The maximum Gasteiger partial charge on any atom is 0.258 e. The minimum Gasteiger partial charge on any atom is -0.394 e. The van der Waals surface area contributed by atoms with Crippen molar-refractivity contribution >= 4 is 5.65 Å². The SMILES string of the molecule is CC(C)(CO)NCc1cc(=O)n2ccccc2n1. The second kappa shape index (κ2) is 4.88. The topological polar surface area (TPSA) is 66.6 Å². The van der Waals surface area contributed by atoms with Crippen molar-refractivity contribution < 1.29 is 5.11 Å². The van der Waals surface area contributed by atoms with Gasteiger partial charge in [0.2, 0.25) is 0 Å². The molecule has 2 heterocycles. The second-order valence-electron chi connectivity index (χ2n) is 4.91. The summed E-state index contributed by atoms with van der Waals surface area (Å²) in [6.45, 7) is 4.26. The van der Waals surface area contributed by atoms with Crippen molar-refractivity contribution in [1.29, 1.82) is 0 Å². The summed E-state index contributed by atoms with van der Waals surface area (Å²) in [5.74, 6) is 0. The quantitative estimate of drug-likeness (QED) is 0.828. The summed E-state index contributed by atoms with van der Waals surface area (Å²) in [5.41, 5.74) is 0.819. The number of nitrogens with one attached hydrogen (secondary N) is 1. The van der Waals surface area contributed by atoms with E-state index < -0.39 is 0 Å². The molecule has 0 aromatic carbocycles. The monoisotopic (exact) mass is 247 g/mol. The lowest BCUT2D eigenvalue weighted by Gasteiger charge is -2.23. The Morgan fingerprint density at radius 2 is 2.22 bits per heavy atom. The predicted molar refractivity (Wildman–Crippen MR) is 69.5 cm³/mol. The van der Waals surface area contributed by atoms with E-state index in [0.29, 0.717) is 17.9 Å². The molecule has 0 saturated carbocycles. The van der Waals surface area contributed by atoms with Gasteiger partial charge in [-0.25, -0.2) is 4.98 Å². The Morgan fingerprint density at radius 3 is 2.94 bits per heavy atom. The number of rotatable bonds is 4. The van der Waals surface area contributed by atoms with Crippen LogP contribution in [0.4, 0.5) is 0 Å². The van der Waals surface area contributed by atoms with Crippen LogP contribution in [0.2, 0.25) is 0 Å². The normalized spacial score (nSPS) is 11.9. The predicted octanol–water partition coefficient (Wildman–Crippen LogP) is 0.555. The van der Waals surface area contributed by atoms with E-state index in [1.165, 1.54) is 10.5 Å². The molecular weight excluding hydrogens is 230 g/mol. The molecule has 5 nitrogen and oxygen atoms in total. The fourth-order valence-corrected chi connectivity index (χ4v) is 1.58. The molecule has 2 rings (SSSR count). The lowest BCUT2D eigenvalue weighted by atomic mass is 10.1. The van der Waals surface area contributed by atoms with Gasteiger partial charge in [-0.3, -0.25) is 9.20 Å². The van der Waals surface area contributed by atoms with E-state index in [1.807, 2.05) is 19.9 Å². The molecule has 2 aromatic heterocycles. The number of pyridine rings is 1. The van der Waals surface area contributed by atoms with Crippen molar-refractivity contribution in [1.82, 2.24) is 14.7 Å². The Kier molecular flexibility index (Phi) is 3.45. The van der Waals surface area contributed by atoms with Crippen LogP contribution in [0, 0.1) is 0 Å². The van der Waals surface area contributed by atoms with Crippen molar-refractivity contribution in [3.05, 3.63) is 46.5 Å². The minimum atomic E-state index is -0.385. The smallest absolute Gasteiger partial charge is 0.258 e. The van der Waals surface area contributed by atoms with Crippen LogP contribution >= 0.6 is 0 Å². The number of aliphatic hydroxyl groups excluding tert-OH is 1. The van der Waals surface area contributed by atoms with Gasteiger partial charge in [0.25, 0.3) is 5.56 Å². The van der Waals surface area contributed by atoms with Crippen molar-refractivity contribution in [2.24, 2.45) is 0 Å². The Balaban J connectivity index is 2.28. The molecule has 0 unspecified atom stereocenters. The van der Waals surface area contributed by atoms with E-state index >= 15 is 0 Å². The highest BCUT2D eigenvalue weighted by Gasteiger charge is 2.15.